The van der Waals surface area contributed by atoms with E-state index in [2.05, 4.69) is 17.6 Å². The molecule has 0 radical (unpaired) electrons. The molecular formula is C14H28N2O3. The molecule has 3 unspecified atom stereocenters. The molecule has 0 fully saturated rings. The van der Waals surface area contributed by atoms with Crippen LogP contribution < -0.4 is 10.6 Å². The van der Waals surface area contributed by atoms with Crippen molar-refractivity contribution in [3.8, 4) is 0 Å². The number of carboxylic acid groups (broad SMARTS) is 1. The smallest absolute Gasteiger partial charge is 0.323 e. The van der Waals surface area contributed by atoms with Crippen molar-refractivity contribution < 1.29 is 14.7 Å². The van der Waals surface area contributed by atoms with Gasteiger partial charge in [0.25, 0.3) is 0 Å². The van der Waals surface area contributed by atoms with E-state index < -0.39 is 17.6 Å². The van der Waals surface area contributed by atoms with Crippen molar-refractivity contribution in [2.75, 3.05) is 0 Å². The van der Waals surface area contributed by atoms with Gasteiger partial charge >= 0.3 is 5.97 Å². The van der Waals surface area contributed by atoms with Crippen LogP contribution >= 0.6 is 0 Å². The van der Waals surface area contributed by atoms with E-state index in [1.807, 2.05) is 13.8 Å². The maximum absolute atomic E-state index is 12.0. The van der Waals surface area contributed by atoms with Crippen LogP contribution in [-0.2, 0) is 9.59 Å². The Morgan fingerprint density at radius 1 is 1.21 bits per heavy atom. The predicted molar refractivity (Wildman–Crippen MR) is 76.1 cm³/mol. The summed E-state index contributed by atoms with van der Waals surface area (Å²) in [4.78, 5) is 23.3. The summed E-state index contributed by atoms with van der Waals surface area (Å²) in [6, 6.07) is -0.407. The normalized spacial score (nSPS) is 17.3. The molecule has 19 heavy (non-hydrogen) atoms. The molecule has 3 atom stereocenters. The van der Waals surface area contributed by atoms with Crippen molar-refractivity contribution in [2.45, 2.75) is 77.9 Å². The molecule has 0 aliphatic rings. The third-order valence-corrected chi connectivity index (χ3v) is 3.26. The van der Waals surface area contributed by atoms with E-state index in [1.165, 1.54) is 0 Å². The van der Waals surface area contributed by atoms with Crippen LogP contribution in [0.15, 0.2) is 0 Å². The Morgan fingerprint density at radius 3 is 2.21 bits per heavy atom. The fourth-order valence-electron chi connectivity index (χ4n) is 2.16. The minimum atomic E-state index is -1.06. The van der Waals surface area contributed by atoms with E-state index in [0.29, 0.717) is 6.42 Å². The van der Waals surface area contributed by atoms with Gasteiger partial charge < -0.3 is 10.4 Å². The maximum Gasteiger partial charge on any atom is 0.323 e. The average Bonchev–Trinajstić information content (AvgIpc) is 2.28. The van der Waals surface area contributed by atoms with Crippen LogP contribution in [-0.4, -0.2) is 34.6 Å². The van der Waals surface area contributed by atoms with Crippen molar-refractivity contribution in [2.24, 2.45) is 0 Å². The first-order valence-electron chi connectivity index (χ1n) is 7.08. The minimum absolute atomic E-state index is 0.115. The first-order chi connectivity index (χ1) is 8.76. The second-order valence-corrected chi connectivity index (χ2v) is 5.45. The van der Waals surface area contributed by atoms with Gasteiger partial charge in [-0.05, 0) is 33.6 Å². The molecule has 0 aromatic carbocycles. The van der Waals surface area contributed by atoms with Crippen molar-refractivity contribution in [3.05, 3.63) is 0 Å². The molecule has 5 heteroatoms. The van der Waals surface area contributed by atoms with Crippen molar-refractivity contribution in [1.82, 2.24) is 10.6 Å². The first-order valence-corrected chi connectivity index (χ1v) is 7.08. The summed E-state index contributed by atoms with van der Waals surface area (Å²) in [6.45, 7) is 9.27. The zero-order chi connectivity index (χ0) is 15.1. The largest absolute Gasteiger partial charge is 0.480 e. The van der Waals surface area contributed by atoms with Gasteiger partial charge in [-0.25, -0.2) is 0 Å². The number of rotatable bonds is 9. The Bertz CT molecular complexity index is 307. The quantitative estimate of drug-likeness (QED) is 0.599. The molecule has 0 saturated carbocycles. The third kappa shape index (κ3) is 6.05. The molecule has 3 N–H and O–H groups in total. The van der Waals surface area contributed by atoms with Gasteiger partial charge in [0.2, 0.25) is 5.91 Å². The van der Waals surface area contributed by atoms with E-state index in [1.54, 1.807) is 13.8 Å². The highest BCUT2D eigenvalue weighted by atomic mass is 16.4. The van der Waals surface area contributed by atoms with Gasteiger partial charge in [0, 0.05) is 6.04 Å². The summed E-state index contributed by atoms with van der Waals surface area (Å²) in [5.41, 5.74) is -1.06. The van der Waals surface area contributed by atoms with E-state index >= 15 is 0 Å². The predicted octanol–water partition coefficient (Wildman–Crippen LogP) is 1.91. The van der Waals surface area contributed by atoms with Gasteiger partial charge in [0.15, 0.2) is 0 Å². The molecule has 0 aromatic rings. The van der Waals surface area contributed by atoms with E-state index in [-0.39, 0.29) is 11.9 Å². The third-order valence-electron chi connectivity index (χ3n) is 3.26. The molecule has 0 aliphatic carbocycles. The van der Waals surface area contributed by atoms with Gasteiger partial charge in [0.05, 0.1) is 6.04 Å². The SMILES string of the molecule is CCCC(C)NC(=O)C(C)NC(C)(CCC)C(=O)O. The topological polar surface area (TPSA) is 78.4 Å². The lowest BCUT2D eigenvalue weighted by molar-refractivity contribution is -0.145. The second-order valence-electron chi connectivity index (χ2n) is 5.45. The zero-order valence-corrected chi connectivity index (χ0v) is 12.7. The molecule has 0 saturated heterocycles. The van der Waals surface area contributed by atoms with Crippen LogP contribution in [0.1, 0.15) is 60.3 Å². The first kappa shape index (κ1) is 17.9. The van der Waals surface area contributed by atoms with Crippen LogP contribution in [0, 0.1) is 0 Å². The van der Waals surface area contributed by atoms with Crippen molar-refractivity contribution >= 4 is 11.9 Å². The lowest BCUT2D eigenvalue weighted by Crippen LogP contribution is -2.57. The molecule has 0 bridgehead atoms. The van der Waals surface area contributed by atoms with Crippen LogP contribution in [0.3, 0.4) is 0 Å². The standard InChI is InChI=1S/C14H28N2O3/c1-6-8-10(3)15-12(17)11(4)16-14(5,9-7-2)13(18)19/h10-11,16H,6-9H2,1-5H3,(H,15,17)(H,18,19). The van der Waals surface area contributed by atoms with Crippen molar-refractivity contribution in [3.63, 3.8) is 0 Å². The number of amides is 1. The Labute approximate surface area is 116 Å². The van der Waals surface area contributed by atoms with Crippen LogP contribution in [0.2, 0.25) is 0 Å². The van der Waals surface area contributed by atoms with E-state index in [0.717, 1.165) is 19.3 Å². The number of aliphatic carboxylic acids is 1. The van der Waals surface area contributed by atoms with E-state index in [9.17, 15) is 14.7 Å². The Kier molecular flexibility index (Phi) is 7.68. The number of hydrogen-bond donors (Lipinski definition) is 3. The molecule has 0 rings (SSSR count). The van der Waals surface area contributed by atoms with Gasteiger partial charge in [-0.2, -0.15) is 0 Å². The summed E-state index contributed by atoms with van der Waals surface area (Å²) in [5.74, 6) is -1.07. The maximum atomic E-state index is 12.0. The lowest BCUT2D eigenvalue weighted by atomic mass is 9.95. The average molecular weight is 272 g/mol. The lowest BCUT2D eigenvalue weighted by Gasteiger charge is -2.29. The van der Waals surface area contributed by atoms with Gasteiger partial charge in [0.1, 0.15) is 5.54 Å². The van der Waals surface area contributed by atoms with Crippen molar-refractivity contribution in [1.29, 1.82) is 0 Å². The molecular weight excluding hydrogens is 244 g/mol. The summed E-state index contributed by atoms with van der Waals surface area (Å²) in [6.07, 6.45) is 3.16. The Hall–Kier alpha value is -1.10. The highest BCUT2D eigenvalue weighted by Gasteiger charge is 2.34. The van der Waals surface area contributed by atoms with Crippen LogP contribution in [0.4, 0.5) is 0 Å². The Balaban J connectivity index is 4.52. The number of carbonyl (C=O) groups excluding carboxylic acids is 1. The van der Waals surface area contributed by atoms with Crippen LogP contribution in [0.5, 0.6) is 0 Å². The van der Waals surface area contributed by atoms with E-state index in [4.69, 9.17) is 0 Å². The fraction of sp³-hybridized carbons (Fsp3) is 0.857. The number of carboxylic acids is 1. The number of carbonyl (C=O) groups is 2. The number of nitrogens with one attached hydrogen (secondary N) is 2. The molecule has 0 spiro atoms. The molecule has 5 nitrogen and oxygen atoms in total. The van der Waals surface area contributed by atoms with Gasteiger partial charge in [-0.1, -0.05) is 26.7 Å². The molecule has 0 heterocycles. The minimum Gasteiger partial charge on any atom is -0.480 e. The highest BCUT2D eigenvalue weighted by molar-refractivity contribution is 5.84. The molecule has 112 valence electrons. The molecule has 0 aromatic heterocycles. The fourth-order valence-corrected chi connectivity index (χ4v) is 2.16. The summed E-state index contributed by atoms with van der Waals surface area (Å²) < 4.78 is 0. The highest BCUT2D eigenvalue weighted by Crippen LogP contribution is 2.13. The molecule has 0 aliphatic heterocycles. The summed E-state index contributed by atoms with van der Waals surface area (Å²) in [5, 5.41) is 15.1. The number of hydrogen-bond acceptors (Lipinski definition) is 3. The second kappa shape index (κ2) is 8.15. The monoisotopic (exact) mass is 272 g/mol. The van der Waals surface area contributed by atoms with Crippen LogP contribution in [0.25, 0.3) is 0 Å². The van der Waals surface area contributed by atoms with Gasteiger partial charge in [-0.3, -0.25) is 14.9 Å². The summed E-state index contributed by atoms with van der Waals surface area (Å²) >= 11 is 0. The Morgan fingerprint density at radius 2 is 1.79 bits per heavy atom. The van der Waals surface area contributed by atoms with Gasteiger partial charge in [-0.15, -0.1) is 0 Å². The molecule has 1 amide bonds. The zero-order valence-electron chi connectivity index (χ0n) is 12.7. The summed E-state index contributed by atoms with van der Waals surface area (Å²) in [7, 11) is 0.